The number of hydrogen-bond donors (Lipinski definition) is 4. The molecule has 124 valence electrons. The first-order chi connectivity index (χ1) is 11.3. The minimum absolute atomic E-state index is 0.0465. The van der Waals surface area contributed by atoms with Crippen LogP contribution in [-0.2, 0) is 11.8 Å². The van der Waals surface area contributed by atoms with Crippen molar-refractivity contribution >= 4 is 28.6 Å². The van der Waals surface area contributed by atoms with Gasteiger partial charge < -0.3 is 20.6 Å². The van der Waals surface area contributed by atoms with Crippen LogP contribution >= 0.6 is 0 Å². The van der Waals surface area contributed by atoms with Gasteiger partial charge in [0.05, 0.1) is 11.0 Å². The summed E-state index contributed by atoms with van der Waals surface area (Å²) in [6.45, 7) is -0.698. The van der Waals surface area contributed by atoms with E-state index in [2.05, 4.69) is 4.98 Å². The summed E-state index contributed by atoms with van der Waals surface area (Å²) in [6, 6.07) is 4.25. The van der Waals surface area contributed by atoms with E-state index in [1.54, 1.807) is 0 Å². The summed E-state index contributed by atoms with van der Waals surface area (Å²) >= 11 is 0. The Bertz CT molecular complexity index is 1060. The smallest absolute Gasteiger partial charge is 0.322 e. The maximum absolute atomic E-state index is 12.4. The van der Waals surface area contributed by atoms with Gasteiger partial charge in [0.1, 0.15) is 12.3 Å². The fourth-order valence-corrected chi connectivity index (χ4v) is 2.43. The molecule has 10 heteroatoms. The maximum Gasteiger partial charge on any atom is 0.322 e. The van der Waals surface area contributed by atoms with Gasteiger partial charge in [-0.3, -0.25) is 14.4 Å². The highest BCUT2D eigenvalue weighted by Crippen LogP contribution is 2.26. The Kier molecular flexibility index (Phi) is 3.36. The van der Waals surface area contributed by atoms with Gasteiger partial charge in [-0.1, -0.05) is 0 Å². The molecule has 2 heterocycles. The van der Waals surface area contributed by atoms with Crippen molar-refractivity contribution in [2.24, 2.45) is 7.05 Å². The van der Waals surface area contributed by atoms with Crippen LogP contribution in [0.1, 0.15) is 10.4 Å². The summed E-state index contributed by atoms with van der Waals surface area (Å²) < 4.78 is 2.36. The lowest BCUT2D eigenvalue weighted by Crippen LogP contribution is -2.36. The Hall–Kier alpha value is -3.56. The van der Waals surface area contributed by atoms with Gasteiger partial charge in [0.25, 0.3) is 11.5 Å². The molecule has 2 aromatic heterocycles. The van der Waals surface area contributed by atoms with E-state index in [1.807, 2.05) is 5.32 Å². The van der Waals surface area contributed by atoms with E-state index in [9.17, 15) is 24.6 Å². The number of carbonyl (C=O) groups is 2. The van der Waals surface area contributed by atoms with Crippen molar-refractivity contribution in [3.8, 4) is 11.5 Å². The first kappa shape index (κ1) is 15.3. The summed E-state index contributed by atoms with van der Waals surface area (Å²) in [5.41, 5.74) is -0.752. The van der Waals surface area contributed by atoms with Gasteiger partial charge in [-0.25, -0.2) is 14.2 Å². The summed E-state index contributed by atoms with van der Waals surface area (Å²) in [5, 5.41) is 30.4. The van der Waals surface area contributed by atoms with E-state index in [0.29, 0.717) is 11.0 Å². The van der Waals surface area contributed by atoms with Crippen molar-refractivity contribution in [2.75, 3.05) is 6.54 Å². The number of fused-ring (bicyclic) bond motifs is 3. The van der Waals surface area contributed by atoms with Gasteiger partial charge in [0, 0.05) is 13.1 Å². The zero-order valence-corrected chi connectivity index (χ0v) is 12.3. The molecule has 0 fully saturated rings. The van der Waals surface area contributed by atoms with Crippen LogP contribution in [0.4, 0.5) is 0 Å². The number of aromatic hydroxyl groups is 2. The zero-order valence-electron chi connectivity index (χ0n) is 12.3. The molecular formula is C14H12N4O6. The summed E-state index contributed by atoms with van der Waals surface area (Å²) in [5.74, 6) is -3.03. The number of nitrogens with one attached hydrogen (secondary N) is 1. The Morgan fingerprint density at radius 3 is 2.67 bits per heavy atom. The SMILES string of the molecule is Cn1c(=O)c(C(=O)NCC(=O)O)c(O)c2nc3cc(O)ccc3n21. The molecule has 0 spiro atoms. The number of nitrogens with zero attached hydrogens (tertiary/aromatic N) is 3. The first-order valence-corrected chi connectivity index (χ1v) is 6.74. The molecule has 0 aliphatic carbocycles. The summed E-state index contributed by atoms with van der Waals surface area (Å²) in [4.78, 5) is 39.1. The number of aromatic nitrogens is 3. The second kappa shape index (κ2) is 5.26. The van der Waals surface area contributed by atoms with E-state index >= 15 is 0 Å². The molecule has 4 N–H and O–H groups in total. The number of aryl methyl sites for hydroxylation is 1. The number of phenolic OH excluding ortho intramolecular Hbond substituents is 1. The second-order valence-electron chi connectivity index (χ2n) is 5.05. The summed E-state index contributed by atoms with van der Waals surface area (Å²) in [7, 11) is 1.37. The minimum Gasteiger partial charge on any atom is -0.508 e. The number of carbonyl (C=O) groups excluding carboxylic acids is 1. The Labute approximate surface area is 133 Å². The minimum atomic E-state index is -1.29. The average Bonchev–Trinajstić information content (AvgIpc) is 2.89. The molecule has 0 unspecified atom stereocenters. The van der Waals surface area contributed by atoms with Crippen molar-refractivity contribution < 1.29 is 24.9 Å². The highest BCUT2D eigenvalue weighted by atomic mass is 16.4. The van der Waals surface area contributed by atoms with Crippen molar-refractivity contribution in [1.82, 2.24) is 19.5 Å². The topological polar surface area (TPSA) is 146 Å². The molecule has 0 saturated carbocycles. The molecule has 0 aliphatic heterocycles. The van der Waals surface area contributed by atoms with E-state index < -0.39 is 35.3 Å². The Balaban J connectivity index is 2.30. The fourth-order valence-electron chi connectivity index (χ4n) is 2.43. The predicted octanol–water partition coefficient (Wildman–Crippen LogP) is -0.588. The predicted molar refractivity (Wildman–Crippen MR) is 81.2 cm³/mol. The first-order valence-electron chi connectivity index (χ1n) is 6.74. The molecular weight excluding hydrogens is 320 g/mol. The van der Waals surface area contributed by atoms with Gasteiger partial charge in [0.15, 0.2) is 17.0 Å². The number of imidazole rings is 1. The molecule has 1 aromatic carbocycles. The van der Waals surface area contributed by atoms with E-state index in [0.717, 1.165) is 4.68 Å². The Morgan fingerprint density at radius 1 is 1.29 bits per heavy atom. The number of carboxylic acid groups (broad SMARTS) is 1. The van der Waals surface area contributed by atoms with Crippen LogP contribution in [0, 0.1) is 0 Å². The number of amides is 1. The number of aliphatic carboxylic acids is 1. The number of hydrogen-bond acceptors (Lipinski definition) is 6. The second-order valence-corrected chi connectivity index (χ2v) is 5.05. The highest BCUT2D eigenvalue weighted by molar-refractivity contribution is 6.00. The molecule has 0 radical (unpaired) electrons. The number of carboxylic acids is 1. The normalized spacial score (nSPS) is 11.0. The fraction of sp³-hybridized carbons (Fsp3) is 0.143. The van der Waals surface area contributed by atoms with Crippen molar-refractivity contribution in [3.05, 3.63) is 34.1 Å². The monoisotopic (exact) mass is 332 g/mol. The van der Waals surface area contributed by atoms with Crippen molar-refractivity contribution in [3.63, 3.8) is 0 Å². The third-order valence-electron chi connectivity index (χ3n) is 3.50. The number of rotatable bonds is 3. The van der Waals surface area contributed by atoms with E-state index in [-0.39, 0.29) is 11.4 Å². The van der Waals surface area contributed by atoms with Gasteiger partial charge >= 0.3 is 5.97 Å². The third kappa shape index (κ3) is 2.20. The summed E-state index contributed by atoms with van der Waals surface area (Å²) in [6.07, 6.45) is 0. The van der Waals surface area contributed by atoms with Gasteiger partial charge in [0.2, 0.25) is 0 Å². The quantitative estimate of drug-likeness (QED) is 0.501. The third-order valence-corrected chi connectivity index (χ3v) is 3.50. The molecule has 0 bridgehead atoms. The molecule has 3 aromatic rings. The molecule has 0 aliphatic rings. The van der Waals surface area contributed by atoms with Crippen LogP contribution in [-0.4, -0.2) is 47.9 Å². The van der Waals surface area contributed by atoms with Gasteiger partial charge in [-0.15, -0.1) is 0 Å². The highest BCUT2D eigenvalue weighted by Gasteiger charge is 2.24. The number of benzene rings is 1. The van der Waals surface area contributed by atoms with Crippen LogP contribution < -0.4 is 10.9 Å². The zero-order chi connectivity index (χ0) is 17.6. The lowest BCUT2D eigenvalue weighted by molar-refractivity contribution is -0.135. The lowest BCUT2D eigenvalue weighted by atomic mass is 10.2. The number of phenols is 1. The van der Waals surface area contributed by atoms with Crippen LogP contribution in [0.25, 0.3) is 16.7 Å². The molecule has 3 rings (SSSR count). The average molecular weight is 332 g/mol. The lowest BCUT2D eigenvalue weighted by Gasteiger charge is -2.10. The molecule has 10 nitrogen and oxygen atoms in total. The molecule has 0 saturated heterocycles. The van der Waals surface area contributed by atoms with E-state index in [1.165, 1.54) is 29.8 Å². The Morgan fingerprint density at radius 2 is 2.00 bits per heavy atom. The van der Waals surface area contributed by atoms with Crippen LogP contribution in [0.3, 0.4) is 0 Å². The van der Waals surface area contributed by atoms with E-state index in [4.69, 9.17) is 5.11 Å². The largest absolute Gasteiger partial charge is 0.508 e. The molecule has 0 atom stereocenters. The van der Waals surface area contributed by atoms with Crippen LogP contribution in [0.5, 0.6) is 11.5 Å². The van der Waals surface area contributed by atoms with Crippen LogP contribution in [0.2, 0.25) is 0 Å². The molecule has 24 heavy (non-hydrogen) atoms. The van der Waals surface area contributed by atoms with Crippen molar-refractivity contribution in [2.45, 2.75) is 0 Å². The standard InChI is InChI=1S/C14H12N4O6/c1-17-14(24)10(13(23)15-5-9(20)21)11(22)12-16-7-4-6(19)2-3-8(7)18(12)17/h2-4,19,22H,5H2,1H3,(H,15,23)(H,20,21). The molecule has 1 amide bonds. The van der Waals surface area contributed by atoms with Gasteiger partial charge in [-0.2, -0.15) is 0 Å². The van der Waals surface area contributed by atoms with Gasteiger partial charge in [-0.05, 0) is 12.1 Å². The maximum atomic E-state index is 12.4. The van der Waals surface area contributed by atoms with Crippen molar-refractivity contribution in [1.29, 1.82) is 0 Å². The van der Waals surface area contributed by atoms with Crippen LogP contribution in [0.15, 0.2) is 23.0 Å².